The molecule has 0 spiro atoms. The van der Waals surface area contributed by atoms with Gasteiger partial charge in [0.25, 0.3) is 0 Å². The summed E-state index contributed by atoms with van der Waals surface area (Å²) in [5, 5.41) is 13.2. The molecule has 4 nitrogen and oxygen atoms in total. The molecule has 4 unspecified atom stereocenters. The predicted molar refractivity (Wildman–Crippen MR) is 77.3 cm³/mol. The average molecular weight is 273 g/mol. The summed E-state index contributed by atoms with van der Waals surface area (Å²) in [5.41, 5.74) is 0. The third-order valence-corrected chi connectivity index (χ3v) is 3.81. The SMILES string of the molecule is CCOCC(C)NCC(O)COC1CCCCC1C. The Morgan fingerprint density at radius 3 is 2.68 bits per heavy atom. The number of rotatable bonds is 9. The number of aliphatic hydroxyl groups excluding tert-OH is 1. The van der Waals surface area contributed by atoms with Crippen LogP contribution >= 0.6 is 0 Å². The summed E-state index contributed by atoms with van der Waals surface area (Å²) in [7, 11) is 0. The summed E-state index contributed by atoms with van der Waals surface area (Å²) >= 11 is 0. The van der Waals surface area contributed by atoms with Gasteiger partial charge in [0, 0.05) is 19.2 Å². The summed E-state index contributed by atoms with van der Waals surface area (Å²) in [6, 6.07) is 0.267. The highest BCUT2D eigenvalue weighted by Gasteiger charge is 2.22. The highest BCUT2D eigenvalue weighted by Crippen LogP contribution is 2.26. The second kappa shape index (κ2) is 9.70. The van der Waals surface area contributed by atoms with Gasteiger partial charge in [0.05, 0.1) is 25.4 Å². The average Bonchev–Trinajstić information content (AvgIpc) is 2.42. The maximum atomic E-state index is 9.91. The fraction of sp³-hybridized carbons (Fsp3) is 1.00. The van der Waals surface area contributed by atoms with Crippen molar-refractivity contribution in [2.75, 3.05) is 26.4 Å². The molecule has 0 aromatic carbocycles. The van der Waals surface area contributed by atoms with Gasteiger partial charge in [0.2, 0.25) is 0 Å². The van der Waals surface area contributed by atoms with Crippen molar-refractivity contribution < 1.29 is 14.6 Å². The Hall–Kier alpha value is -0.160. The first-order chi connectivity index (χ1) is 9.13. The summed E-state index contributed by atoms with van der Waals surface area (Å²) in [6.07, 6.45) is 4.88. The molecule has 0 aliphatic heterocycles. The Kier molecular flexibility index (Phi) is 8.62. The van der Waals surface area contributed by atoms with E-state index in [1.807, 2.05) is 6.92 Å². The molecule has 0 heterocycles. The van der Waals surface area contributed by atoms with E-state index < -0.39 is 6.10 Å². The first-order valence-corrected chi connectivity index (χ1v) is 7.74. The number of ether oxygens (including phenoxy) is 2. The molecule has 1 saturated carbocycles. The van der Waals surface area contributed by atoms with E-state index >= 15 is 0 Å². The molecule has 0 aromatic rings. The quantitative estimate of drug-likeness (QED) is 0.674. The summed E-state index contributed by atoms with van der Waals surface area (Å²) in [6.45, 7) is 8.71. The van der Waals surface area contributed by atoms with Gasteiger partial charge in [-0.1, -0.05) is 19.8 Å². The topological polar surface area (TPSA) is 50.7 Å². The molecule has 0 bridgehead atoms. The minimum atomic E-state index is -0.432. The molecule has 1 rings (SSSR count). The molecular formula is C15H31NO3. The van der Waals surface area contributed by atoms with Gasteiger partial charge in [0.15, 0.2) is 0 Å². The van der Waals surface area contributed by atoms with E-state index in [1.54, 1.807) is 0 Å². The zero-order valence-corrected chi connectivity index (χ0v) is 12.7. The van der Waals surface area contributed by atoms with E-state index in [1.165, 1.54) is 19.3 Å². The molecule has 1 aliphatic carbocycles. The maximum Gasteiger partial charge on any atom is 0.0897 e. The molecular weight excluding hydrogens is 242 g/mol. The Morgan fingerprint density at radius 1 is 1.26 bits per heavy atom. The number of hydrogen-bond donors (Lipinski definition) is 2. The third-order valence-electron chi connectivity index (χ3n) is 3.81. The number of hydrogen-bond acceptors (Lipinski definition) is 4. The van der Waals surface area contributed by atoms with Crippen molar-refractivity contribution in [2.45, 2.75) is 64.7 Å². The normalized spacial score (nSPS) is 27.2. The Labute approximate surface area is 117 Å². The molecule has 0 amide bonds. The van der Waals surface area contributed by atoms with Crippen molar-refractivity contribution in [3.63, 3.8) is 0 Å². The van der Waals surface area contributed by atoms with Crippen LogP contribution in [0.5, 0.6) is 0 Å². The van der Waals surface area contributed by atoms with E-state index in [-0.39, 0.29) is 6.04 Å². The van der Waals surface area contributed by atoms with Crippen LogP contribution in [0.1, 0.15) is 46.5 Å². The van der Waals surface area contributed by atoms with Crippen LogP contribution in [0, 0.1) is 5.92 Å². The molecule has 1 fully saturated rings. The van der Waals surface area contributed by atoms with Crippen molar-refractivity contribution in [1.29, 1.82) is 0 Å². The van der Waals surface area contributed by atoms with Gasteiger partial charge < -0.3 is 19.9 Å². The van der Waals surface area contributed by atoms with Crippen molar-refractivity contribution in [3.05, 3.63) is 0 Å². The minimum Gasteiger partial charge on any atom is -0.389 e. The van der Waals surface area contributed by atoms with E-state index in [4.69, 9.17) is 9.47 Å². The van der Waals surface area contributed by atoms with Gasteiger partial charge in [-0.05, 0) is 32.6 Å². The molecule has 0 radical (unpaired) electrons. The smallest absolute Gasteiger partial charge is 0.0897 e. The highest BCUT2D eigenvalue weighted by molar-refractivity contribution is 4.73. The number of nitrogens with one attached hydrogen (secondary N) is 1. The zero-order chi connectivity index (χ0) is 14.1. The first-order valence-electron chi connectivity index (χ1n) is 7.74. The Morgan fingerprint density at radius 2 is 2.00 bits per heavy atom. The molecule has 4 heteroatoms. The van der Waals surface area contributed by atoms with E-state index in [0.29, 0.717) is 31.8 Å². The lowest BCUT2D eigenvalue weighted by Crippen LogP contribution is -2.39. The van der Waals surface area contributed by atoms with Crippen molar-refractivity contribution in [1.82, 2.24) is 5.32 Å². The van der Waals surface area contributed by atoms with Crippen LogP contribution in [0.15, 0.2) is 0 Å². The van der Waals surface area contributed by atoms with E-state index in [2.05, 4.69) is 19.2 Å². The van der Waals surface area contributed by atoms with Crippen LogP contribution in [0.4, 0.5) is 0 Å². The first kappa shape index (κ1) is 16.9. The van der Waals surface area contributed by atoms with Crippen LogP contribution < -0.4 is 5.32 Å². The van der Waals surface area contributed by atoms with Gasteiger partial charge in [-0.15, -0.1) is 0 Å². The van der Waals surface area contributed by atoms with Crippen LogP contribution in [-0.2, 0) is 9.47 Å². The van der Waals surface area contributed by atoms with Gasteiger partial charge in [-0.2, -0.15) is 0 Å². The van der Waals surface area contributed by atoms with Gasteiger partial charge >= 0.3 is 0 Å². The summed E-state index contributed by atoms with van der Waals surface area (Å²) in [5.74, 6) is 0.630. The van der Waals surface area contributed by atoms with Crippen LogP contribution in [0.3, 0.4) is 0 Å². The van der Waals surface area contributed by atoms with Crippen molar-refractivity contribution in [3.8, 4) is 0 Å². The van der Waals surface area contributed by atoms with Crippen molar-refractivity contribution in [2.24, 2.45) is 5.92 Å². The minimum absolute atomic E-state index is 0.267. The molecule has 4 atom stereocenters. The molecule has 0 saturated heterocycles. The lowest BCUT2D eigenvalue weighted by molar-refractivity contribution is -0.0459. The monoisotopic (exact) mass is 273 g/mol. The second-order valence-electron chi connectivity index (χ2n) is 5.76. The highest BCUT2D eigenvalue weighted by atomic mass is 16.5. The Balaban J connectivity index is 2.08. The van der Waals surface area contributed by atoms with E-state index in [9.17, 15) is 5.11 Å². The second-order valence-corrected chi connectivity index (χ2v) is 5.76. The largest absolute Gasteiger partial charge is 0.389 e. The van der Waals surface area contributed by atoms with Gasteiger partial charge in [-0.25, -0.2) is 0 Å². The molecule has 0 aromatic heterocycles. The van der Waals surface area contributed by atoms with Crippen LogP contribution in [0.2, 0.25) is 0 Å². The molecule has 114 valence electrons. The predicted octanol–water partition coefficient (Wildman–Crippen LogP) is 1.96. The fourth-order valence-corrected chi connectivity index (χ4v) is 2.51. The van der Waals surface area contributed by atoms with Crippen molar-refractivity contribution >= 4 is 0 Å². The van der Waals surface area contributed by atoms with Crippen LogP contribution in [-0.4, -0.2) is 49.7 Å². The molecule has 1 aliphatic rings. The van der Waals surface area contributed by atoms with Crippen LogP contribution in [0.25, 0.3) is 0 Å². The molecule has 2 N–H and O–H groups in total. The van der Waals surface area contributed by atoms with E-state index in [0.717, 1.165) is 13.0 Å². The molecule has 19 heavy (non-hydrogen) atoms. The zero-order valence-electron chi connectivity index (χ0n) is 12.7. The number of aliphatic hydroxyl groups is 1. The van der Waals surface area contributed by atoms with Gasteiger partial charge in [0.1, 0.15) is 0 Å². The fourth-order valence-electron chi connectivity index (χ4n) is 2.51. The lowest BCUT2D eigenvalue weighted by Gasteiger charge is -2.29. The lowest BCUT2D eigenvalue weighted by atomic mass is 9.88. The standard InChI is InChI=1S/C15H31NO3/c1-4-18-10-13(3)16-9-14(17)11-19-15-8-6-5-7-12(15)2/h12-17H,4-11H2,1-3H3. The third kappa shape index (κ3) is 7.25. The maximum absolute atomic E-state index is 9.91. The summed E-state index contributed by atoms with van der Waals surface area (Å²) < 4.78 is 11.2. The summed E-state index contributed by atoms with van der Waals surface area (Å²) in [4.78, 5) is 0. The Bertz CT molecular complexity index is 225. The van der Waals surface area contributed by atoms with Gasteiger partial charge in [-0.3, -0.25) is 0 Å².